The van der Waals surface area contributed by atoms with Crippen molar-refractivity contribution < 1.29 is 18.0 Å². The molecule has 2 aromatic rings. The van der Waals surface area contributed by atoms with E-state index in [4.69, 9.17) is 4.84 Å². The highest BCUT2D eigenvalue weighted by Crippen LogP contribution is 2.30. The predicted octanol–water partition coefficient (Wildman–Crippen LogP) is 5.65. The van der Waals surface area contributed by atoms with Gasteiger partial charge in [0, 0.05) is 11.8 Å². The predicted molar refractivity (Wildman–Crippen MR) is 101 cm³/mol. The summed E-state index contributed by atoms with van der Waals surface area (Å²) >= 11 is 0. The smallest absolute Gasteiger partial charge is 0.196 e. The van der Waals surface area contributed by atoms with Crippen LogP contribution in [0.4, 0.5) is 24.7 Å². The lowest BCUT2D eigenvalue weighted by Crippen LogP contribution is -2.06. The standard InChI is InChI=1S/C18H18F3N3O.C2H6/c1-10-5-11(2)18(22-7-10)24-17-13(6-14(19)15(20)16(17)21)8-23-25-9-12-3-4-12;1-2/h5-8,12H,3-4,9H2,1-2H3,(H,22,24);1-2H3/b23-8+;. The Morgan fingerprint density at radius 1 is 1.19 bits per heavy atom. The first-order valence-electron chi connectivity index (χ1n) is 8.98. The number of nitrogens with one attached hydrogen (secondary N) is 1. The van der Waals surface area contributed by atoms with E-state index in [9.17, 15) is 13.2 Å². The van der Waals surface area contributed by atoms with Crippen LogP contribution in [0.5, 0.6) is 0 Å². The molecule has 7 heteroatoms. The van der Waals surface area contributed by atoms with E-state index < -0.39 is 17.5 Å². The molecule has 0 aliphatic heterocycles. The number of hydrogen-bond acceptors (Lipinski definition) is 4. The monoisotopic (exact) mass is 379 g/mol. The molecule has 0 amide bonds. The highest BCUT2D eigenvalue weighted by atomic mass is 19.2. The molecule has 1 heterocycles. The van der Waals surface area contributed by atoms with Gasteiger partial charge in [0.2, 0.25) is 0 Å². The minimum atomic E-state index is -1.55. The van der Waals surface area contributed by atoms with Crippen molar-refractivity contribution in [3.63, 3.8) is 0 Å². The van der Waals surface area contributed by atoms with E-state index in [2.05, 4.69) is 15.5 Å². The molecular weight excluding hydrogens is 355 g/mol. The zero-order valence-electron chi connectivity index (χ0n) is 15.9. The number of halogens is 3. The number of oxime groups is 1. The van der Waals surface area contributed by atoms with Gasteiger partial charge in [-0.1, -0.05) is 25.1 Å². The highest BCUT2D eigenvalue weighted by Gasteiger charge is 2.22. The molecule has 1 aromatic carbocycles. The molecule has 0 atom stereocenters. The molecule has 1 aliphatic carbocycles. The van der Waals surface area contributed by atoms with Crippen molar-refractivity contribution in [1.82, 2.24) is 4.98 Å². The topological polar surface area (TPSA) is 46.5 Å². The fourth-order valence-corrected chi connectivity index (χ4v) is 2.33. The Bertz CT molecular complexity index is 821. The lowest BCUT2D eigenvalue weighted by Gasteiger charge is -2.13. The SMILES string of the molecule is CC.Cc1cnc(Nc2c(/C=N/OCC3CC3)cc(F)c(F)c2F)c(C)c1. The molecule has 1 saturated carbocycles. The van der Waals surface area contributed by atoms with E-state index in [1.807, 2.05) is 26.8 Å². The van der Waals surface area contributed by atoms with Crippen LogP contribution in [-0.4, -0.2) is 17.8 Å². The van der Waals surface area contributed by atoms with Gasteiger partial charge in [-0.25, -0.2) is 18.2 Å². The lowest BCUT2D eigenvalue weighted by atomic mass is 10.1. The zero-order chi connectivity index (χ0) is 20.0. The van der Waals surface area contributed by atoms with Crippen molar-refractivity contribution in [3.8, 4) is 0 Å². The maximum atomic E-state index is 14.3. The molecule has 0 bridgehead atoms. The molecule has 3 rings (SSSR count). The molecule has 1 fully saturated rings. The summed E-state index contributed by atoms with van der Waals surface area (Å²) in [5.74, 6) is -3.33. The average Bonchev–Trinajstić information content (AvgIpc) is 3.47. The first-order valence-corrected chi connectivity index (χ1v) is 8.98. The molecule has 1 N–H and O–H groups in total. The molecule has 0 spiro atoms. The van der Waals surface area contributed by atoms with Crippen molar-refractivity contribution in [3.05, 3.63) is 52.5 Å². The second-order valence-corrected chi connectivity index (χ2v) is 6.23. The highest BCUT2D eigenvalue weighted by molar-refractivity contribution is 5.89. The molecule has 0 unspecified atom stereocenters. The van der Waals surface area contributed by atoms with Gasteiger partial charge in [0.15, 0.2) is 17.5 Å². The molecule has 1 aliphatic rings. The van der Waals surface area contributed by atoms with Gasteiger partial charge < -0.3 is 10.2 Å². The van der Waals surface area contributed by atoms with Crippen LogP contribution >= 0.6 is 0 Å². The lowest BCUT2D eigenvalue weighted by molar-refractivity contribution is 0.135. The summed E-state index contributed by atoms with van der Waals surface area (Å²) in [7, 11) is 0. The van der Waals surface area contributed by atoms with Gasteiger partial charge in [0.05, 0.1) is 11.9 Å². The largest absolute Gasteiger partial charge is 0.396 e. The van der Waals surface area contributed by atoms with Crippen molar-refractivity contribution in [1.29, 1.82) is 0 Å². The van der Waals surface area contributed by atoms with Gasteiger partial charge in [-0.3, -0.25) is 0 Å². The summed E-state index contributed by atoms with van der Waals surface area (Å²) in [6, 6.07) is 2.72. The Morgan fingerprint density at radius 2 is 1.89 bits per heavy atom. The van der Waals surface area contributed by atoms with Crippen molar-refractivity contribution in [2.75, 3.05) is 11.9 Å². The second-order valence-electron chi connectivity index (χ2n) is 6.23. The normalized spacial score (nSPS) is 13.3. The fraction of sp³-hybridized carbons (Fsp3) is 0.400. The minimum Gasteiger partial charge on any atom is -0.396 e. The number of hydrogen-bond donors (Lipinski definition) is 1. The van der Waals surface area contributed by atoms with E-state index in [0.717, 1.165) is 30.0 Å². The fourth-order valence-electron chi connectivity index (χ4n) is 2.33. The minimum absolute atomic E-state index is 0.0361. The number of pyridine rings is 1. The number of nitrogens with zero attached hydrogens (tertiary/aromatic N) is 2. The van der Waals surface area contributed by atoms with Crippen LogP contribution in [0.3, 0.4) is 0 Å². The summed E-state index contributed by atoms with van der Waals surface area (Å²) in [5, 5.41) is 6.46. The molecular formula is C20H24F3N3O. The van der Waals surface area contributed by atoms with Crippen LogP contribution in [0.2, 0.25) is 0 Å². The summed E-state index contributed by atoms with van der Waals surface area (Å²) < 4.78 is 41.5. The Labute approximate surface area is 157 Å². The molecule has 1 aromatic heterocycles. The Balaban J connectivity index is 0.00000126. The van der Waals surface area contributed by atoms with E-state index in [1.165, 1.54) is 6.21 Å². The third-order valence-electron chi connectivity index (χ3n) is 3.92. The van der Waals surface area contributed by atoms with Crippen LogP contribution in [0, 0.1) is 37.2 Å². The van der Waals surface area contributed by atoms with Gasteiger partial charge in [0.1, 0.15) is 12.4 Å². The first kappa shape index (κ1) is 20.7. The maximum Gasteiger partial charge on any atom is 0.196 e. The number of aryl methyl sites for hydroxylation is 2. The zero-order valence-corrected chi connectivity index (χ0v) is 15.9. The van der Waals surface area contributed by atoms with Gasteiger partial charge in [-0.15, -0.1) is 0 Å². The third kappa shape index (κ3) is 5.45. The summed E-state index contributed by atoms with van der Waals surface area (Å²) in [5.41, 5.74) is 1.48. The van der Waals surface area contributed by atoms with Crippen LogP contribution in [0.25, 0.3) is 0 Å². The van der Waals surface area contributed by atoms with Crippen LogP contribution in [-0.2, 0) is 4.84 Å². The van der Waals surface area contributed by atoms with Crippen LogP contribution in [0.1, 0.15) is 43.4 Å². The second kappa shape index (κ2) is 9.39. The molecule has 0 radical (unpaired) electrons. The number of anilines is 2. The Morgan fingerprint density at radius 3 is 2.52 bits per heavy atom. The molecule has 27 heavy (non-hydrogen) atoms. The number of rotatable bonds is 6. The quantitative estimate of drug-likeness (QED) is 0.401. The van der Waals surface area contributed by atoms with Crippen molar-refractivity contribution in [2.45, 2.75) is 40.5 Å². The van der Waals surface area contributed by atoms with E-state index in [0.29, 0.717) is 18.3 Å². The third-order valence-corrected chi connectivity index (χ3v) is 3.92. The van der Waals surface area contributed by atoms with E-state index in [-0.39, 0.29) is 11.3 Å². The first-order chi connectivity index (χ1) is 13.0. The van der Waals surface area contributed by atoms with Gasteiger partial charge in [0.25, 0.3) is 0 Å². The molecule has 4 nitrogen and oxygen atoms in total. The maximum absolute atomic E-state index is 14.3. The summed E-state index contributed by atoms with van der Waals surface area (Å²) in [4.78, 5) is 9.27. The van der Waals surface area contributed by atoms with Crippen molar-refractivity contribution in [2.24, 2.45) is 11.1 Å². The van der Waals surface area contributed by atoms with Gasteiger partial charge >= 0.3 is 0 Å². The van der Waals surface area contributed by atoms with E-state index in [1.54, 1.807) is 13.1 Å². The average molecular weight is 379 g/mol. The number of aromatic nitrogens is 1. The van der Waals surface area contributed by atoms with Gasteiger partial charge in [-0.2, -0.15) is 0 Å². The molecule has 146 valence electrons. The Kier molecular flexibility index (Phi) is 7.21. The number of benzene rings is 1. The van der Waals surface area contributed by atoms with E-state index >= 15 is 0 Å². The Hall–Kier alpha value is -2.57. The summed E-state index contributed by atoms with van der Waals surface area (Å²) in [6.07, 6.45) is 4.96. The summed E-state index contributed by atoms with van der Waals surface area (Å²) in [6.45, 7) is 8.12. The van der Waals surface area contributed by atoms with Crippen molar-refractivity contribution >= 4 is 17.7 Å². The van der Waals surface area contributed by atoms with Crippen LogP contribution < -0.4 is 5.32 Å². The molecule has 0 saturated heterocycles. The van der Waals surface area contributed by atoms with Gasteiger partial charge in [-0.05, 0) is 49.8 Å². The van der Waals surface area contributed by atoms with Crippen LogP contribution in [0.15, 0.2) is 23.5 Å².